The lowest BCUT2D eigenvalue weighted by molar-refractivity contribution is -0.271. The highest BCUT2D eigenvalue weighted by molar-refractivity contribution is 7.51. The fraction of sp³-hybridized carbons (Fsp3) is 0.469. The molecule has 12 rings (SSSR count). The van der Waals surface area contributed by atoms with Crippen molar-refractivity contribution in [3.05, 3.63) is 119 Å². The fourth-order valence-electron chi connectivity index (χ4n) is 15.4. The molecule has 2 unspecified atom stereocenters. The summed E-state index contributed by atoms with van der Waals surface area (Å²) in [6.45, 7) is 7.88. The zero-order chi connectivity index (χ0) is 65.5. The molecule has 0 radical (unpaired) electrons. The standard InChI is InChI=1S/C64H76N9O17PS/c1-37-42(40-15-17-48(69-50(40)56(79)80)72-22-19-39-10-6-11-41(43(39)29-72)55(78)70-59-68-44-12-4-5-13-47(44)92-59)28-66-73(37)36-63-31-61(2)30-62(3,32-63)34-64(33-61,35-63)88-25-23-71(21-8-26-91(84,85)86)60(83)87-24-7-9-38-14-16-46(45(27-38)67-49(74)18-20-65)89-58-53(77)51(75)52(76)54(90-58)57(81)82/h4-7,9-17,27-28,51-54,58,75-77H,8,18-26,29-36,65H2,1-3H3,(H,67,74)(H,79,80)(H,81,82)(H,68,70,78)(H2,84,85,86)/b9-7+/t51-,52-,53+,54-,58+,61?,62?,63?,64?/m0/s1. The van der Waals surface area contributed by atoms with Gasteiger partial charge in [-0.2, -0.15) is 5.10 Å². The van der Waals surface area contributed by atoms with Crippen LogP contribution in [0.25, 0.3) is 27.4 Å². The number of aliphatic hydroxyl groups excluding tert-OH is 3. The number of anilines is 3. The molecule has 6 aliphatic rings. The number of hydrogen-bond acceptors (Lipinski definition) is 19. The smallest absolute Gasteiger partial charge is 0.410 e. The Labute approximate surface area is 533 Å². The van der Waals surface area contributed by atoms with E-state index in [1.807, 2.05) is 59.0 Å². The number of amides is 3. The summed E-state index contributed by atoms with van der Waals surface area (Å²) >= 11 is 1.40. The summed E-state index contributed by atoms with van der Waals surface area (Å²) in [6, 6.07) is 21.4. The highest BCUT2D eigenvalue weighted by atomic mass is 32.1. The Morgan fingerprint density at radius 1 is 0.891 bits per heavy atom. The summed E-state index contributed by atoms with van der Waals surface area (Å²) in [7, 11) is -4.41. The number of nitrogens with two attached hydrogens (primary N) is 1. The first-order valence-corrected chi connectivity index (χ1v) is 33.1. The lowest BCUT2D eigenvalue weighted by Gasteiger charge is -2.69. The number of aromatic nitrogens is 4. The van der Waals surface area contributed by atoms with Gasteiger partial charge >= 0.3 is 25.6 Å². The van der Waals surface area contributed by atoms with Crippen LogP contribution in [-0.2, 0) is 47.9 Å². The SMILES string of the molecule is Cc1c(-c2ccc(N3CCc4cccc(C(=O)Nc5nc6ccccc6s5)c4C3)nc2C(=O)O)cnn1CC12CC3(C)CC(C)(C1)CC(OCCN(CCCP(=O)(O)O)C(=O)OC/C=C/c1ccc(O[C@@H]4O[C@H](C(=O)O)[C@@H](O)[C@H](O)[C@H]4O)c(NC(=O)CCN)c1)(C3)C2. The maximum Gasteiger partial charge on any atom is 0.410 e. The van der Waals surface area contributed by atoms with E-state index >= 15 is 0 Å². The number of para-hydroxylation sites is 1. The summed E-state index contributed by atoms with van der Waals surface area (Å²) in [4.78, 5) is 97.3. The van der Waals surface area contributed by atoms with Crippen LogP contribution in [0.15, 0.2) is 85.1 Å². The van der Waals surface area contributed by atoms with Gasteiger partial charge in [-0.15, -0.1) is 0 Å². The molecule has 4 aliphatic carbocycles. The third-order valence-corrected chi connectivity index (χ3v) is 20.0. The first-order chi connectivity index (χ1) is 43.7. The van der Waals surface area contributed by atoms with Crippen LogP contribution in [-0.4, -0.2) is 172 Å². The van der Waals surface area contributed by atoms with Gasteiger partial charge in [0.25, 0.3) is 5.91 Å². The second-order valence-corrected chi connectivity index (χ2v) is 28.7. The summed E-state index contributed by atoms with van der Waals surface area (Å²) in [5.41, 5.74) is 10.00. The molecule has 6 aromatic rings. The average molecular weight is 1310 g/mol. The molecule has 2 aliphatic heterocycles. The van der Waals surface area contributed by atoms with Crippen molar-refractivity contribution in [3.63, 3.8) is 0 Å². The van der Waals surface area contributed by atoms with Crippen molar-refractivity contribution in [2.45, 2.75) is 128 Å². The number of nitrogens with one attached hydrogen (secondary N) is 2. The minimum absolute atomic E-state index is 0.00899. The number of benzene rings is 3. The molecular weight excluding hydrogens is 1230 g/mol. The lowest BCUT2D eigenvalue weighted by Crippen LogP contribution is -2.64. The number of carboxylic acid groups (broad SMARTS) is 2. The molecule has 490 valence electrons. The van der Waals surface area contributed by atoms with E-state index in [2.05, 4.69) is 29.5 Å². The maximum absolute atomic E-state index is 13.8. The summed E-state index contributed by atoms with van der Waals surface area (Å²) in [5.74, 6) is -3.21. The van der Waals surface area contributed by atoms with Crippen LogP contribution < -0.4 is 26.0 Å². The van der Waals surface area contributed by atoms with Gasteiger partial charge in [-0.1, -0.05) is 61.6 Å². The number of pyridine rings is 1. The molecule has 0 spiro atoms. The zero-order valence-corrected chi connectivity index (χ0v) is 52.8. The maximum atomic E-state index is 13.8. The number of carbonyl (C=O) groups is 5. The number of thiazole rings is 1. The van der Waals surface area contributed by atoms with Gasteiger partial charge in [-0.3, -0.25) is 24.2 Å². The second kappa shape index (κ2) is 26.4. The number of aliphatic hydroxyl groups is 3. The molecule has 28 heteroatoms. The summed E-state index contributed by atoms with van der Waals surface area (Å²) in [6.07, 6.45) is -0.252. The molecule has 92 heavy (non-hydrogen) atoms. The van der Waals surface area contributed by atoms with Crippen LogP contribution in [0.4, 0.5) is 21.4 Å². The first-order valence-electron chi connectivity index (χ1n) is 30.5. The Kier molecular flexibility index (Phi) is 18.9. The molecule has 3 aromatic carbocycles. The molecule has 11 N–H and O–H groups in total. The molecule has 1 saturated heterocycles. The number of ether oxygens (including phenoxy) is 4. The van der Waals surface area contributed by atoms with E-state index in [9.17, 15) is 63.9 Å². The number of hydrogen-bond donors (Lipinski definition) is 10. The third kappa shape index (κ3) is 14.4. The van der Waals surface area contributed by atoms with E-state index in [0.717, 1.165) is 59.1 Å². The highest BCUT2D eigenvalue weighted by Gasteiger charge is 2.66. The van der Waals surface area contributed by atoms with Gasteiger partial charge in [-0.25, -0.2) is 24.4 Å². The van der Waals surface area contributed by atoms with Crippen LogP contribution in [0.2, 0.25) is 0 Å². The van der Waals surface area contributed by atoms with Gasteiger partial charge in [0.2, 0.25) is 12.2 Å². The van der Waals surface area contributed by atoms with E-state index in [1.54, 1.807) is 24.4 Å². The molecule has 4 bridgehead atoms. The van der Waals surface area contributed by atoms with Gasteiger partial charge in [0, 0.05) is 68.1 Å². The second-order valence-electron chi connectivity index (χ2n) is 25.8. The molecular formula is C64H76N9O17PS. The monoisotopic (exact) mass is 1310 g/mol. The van der Waals surface area contributed by atoms with E-state index in [1.165, 1.54) is 40.5 Å². The van der Waals surface area contributed by atoms with Crippen molar-refractivity contribution in [2.75, 3.05) is 61.1 Å². The number of aliphatic carboxylic acids is 1. The van der Waals surface area contributed by atoms with Crippen molar-refractivity contribution >= 4 is 81.7 Å². The largest absolute Gasteiger partial charge is 0.479 e. The predicted molar refractivity (Wildman–Crippen MR) is 338 cm³/mol. The Morgan fingerprint density at radius 3 is 2.39 bits per heavy atom. The number of carboxylic acids is 2. The number of fused-ring (bicyclic) bond motifs is 2. The number of nitrogens with zero attached hydrogens (tertiary/aromatic N) is 6. The van der Waals surface area contributed by atoms with Gasteiger partial charge < -0.3 is 75.1 Å². The number of rotatable bonds is 24. The summed E-state index contributed by atoms with van der Waals surface area (Å²) in [5, 5.41) is 62.3. The van der Waals surface area contributed by atoms with Gasteiger partial charge in [0.1, 0.15) is 36.5 Å². The molecule has 26 nitrogen and oxygen atoms in total. The van der Waals surface area contributed by atoms with Crippen LogP contribution in [0.5, 0.6) is 5.75 Å². The number of carbonyl (C=O) groups excluding carboxylic acids is 3. The molecule has 5 fully saturated rings. The first kappa shape index (κ1) is 65.8. The Bertz CT molecular complexity index is 3840. The van der Waals surface area contributed by atoms with E-state index in [4.69, 9.17) is 34.8 Å². The van der Waals surface area contributed by atoms with Crippen molar-refractivity contribution in [1.29, 1.82) is 0 Å². The molecule has 5 heterocycles. The van der Waals surface area contributed by atoms with Crippen LogP contribution >= 0.6 is 18.9 Å². The van der Waals surface area contributed by atoms with Crippen molar-refractivity contribution in [2.24, 2.45) is 22.0 Å². The molecule has 4 saturated carbocycles. The van der Waals surface area contributed by atoms with E-state index < -0.39 is 74.0 Å². The zero-order valence-electron chi connectivity index (χ0n) is 51.1. The van der Waals surface area contributed by atoms with Gasteiger partial charge in [-0.05, 0) is 140 Å². The van der Waals surface area contributed by atoms with Crippen LogP contribution in [0.3, 0.4) is 0 Å². The minimum atomic E-state index is -4.41. The van der Waals surface area contributed by atoms with E-state index in [-0.39, 0.29) is 85.0 Å². The van der Waals surface area contributed by atoms with Crippen molar-refractivity contribution in [3.8, 4) is 16.9 Å². The van der Waals surface area contributed by atoms with Crippen molar-refractivity contribution < 1.29 is 82.8 Å². The fourth-order valence-corrected chi connectivity index (χ4v) is 16.8. The lowest BCUT2D eigenvalue weighted by atomic mass is 9.39. The molecule has 7 atom stereocenters. The average Bonchev–Trinajstić information content (AvgIpc) is 0.714. The predicted octanol–water partition coefficient (Wildman–Crippen LogP) is 6.79. The molecule has 3 aromatic heterocycles. The highest BCUT2D eigenvalue weighted by Crippen LogP contribution is 2.72. The van der Waals surface area contributed by atoms with Crippen LogP contribution in [0.1, 0.15) is 108 Å². The van der Waals surface area contributed by atoms with Crippen LogP contribution in [0, 0.1) is 23.2 Å². The topological polar surface area (TPSA) is 381 Å². The third-order valence-electron chi connectivity index (χ3n) is 18.2. The Hall–Kier alpha value is -7.69. The van der Waals surface area contributed by atoms with E-state index in [0.29, 0.717) is 65.7 Å². The Morgan fingerprint density at radius 2 is 1.66 bits per heavy atom. The quantitative estimate of drug-likeness (QED) is 0.0279. The van der Waals surface area contributed by atoms with Crippen molar-refractivity contribution in [1.82, 2.24) is 24.6 Å². The normalized spacial score (nSPS) is 25.8. The summed E-state index contributed by atoms with van der Waals surface area (Å²) < 4.78 is 38.5. The van der Waals surface area contributed by atoms with Gasteiger partial charge in [0.15, 0.2) is 16.9 Å². The minimum Gasteiger partial charge on any atom is -0.479 e. The van der Waals surface area contributed by atoms with Gasteiger partial charge in [0.05, 0.1) is 40.5 Å². The molecule has 3 amide bonds. The number of aromatic carboxylic acids is 1. The Balaban J connectivity index is 0.748.